The van der Waals surface area contributed by atoms with Crippen LogP contribution in [0.5, 0.6) is 11.5 Å². The van der Waals surface area contributed by atoms with Gasteiger partial charge in [0.1, 0.15) is 11.4 Å². The number of rotatable bonds is 9. The SMILES string of the molecule is Cc1nn(-c2ccc(S(=O)(=O)O)cc2)c(N)c1N=Nc1ccc2cc(SOOO)c(N=Nc3ccncc3O)c(O)c2c1. The number of azo groups is 2. The Morgan fingerprint density at radius 2 is 1.72 bits per heavy atom. The highest BCUT2D eigenvalue weighted by Crippen LogP contribution is 2.45. The Balaban J connectivity index is 1.50. The van der Waals surface area contributed by atoms with Gasteiger partial charge in [-0.1, -0.05) is 11.1 Å². The van der Waals surface area contributed by atoms with Gasteiger partial charge in [0.15, 0.2) is 23.0 Å². The van der Waals surface area contributed by atoms with Crippen LogP contribution in [-0.2, 0) is 19.5 Å². The van der Waals surface area contributed by atoms with Gasteiger partial charge in [-0.15, -0.1) is 19.7 Å². The van der Waals surface area contributed by atoms with E-state index in [0.717, 1.165) is 0 Å². The lowest BCUT2D eigenvalue weighted by Gasteiger charge is -2.09. The molecule has 0 saturated heterocycles. The van der Waals surface area contributed by atoms with Gasteiger partial charge in [-0.3, -0.25) is 9.54 Å². The van der Waals surface area contributed by atoms with Crippen molar-refractivity contribution >= 4 is 61.5 Å². The monoisotopic (exact) mass is 624 g/mol. The lowest BCUT2D eigenvalue weighted by Crippen LogP contribution is -2.03. The number of nitrogen functional groups attached to an aromatic ring is 1. The molecule has 0 aliphatic rings. The number of nitrogens with two attached hydrogens (primary N) is 1. The molecule has 0 bridgehead atoms. The van der Waals surface area contributed by atoms with Crippen LogP contribution in [0.15, 0.2) is 97.2 Å². The van der Waals surface area contributed by atoms with Crippen LogP contribution in [0.1, 0.15) is 5.69 Å². The molecule has 6 N–H and O–H groups in total. The summed E-state index contributed by atoms with van der Waals surface area (Å²) in [4.78, 5) is 3.72. The van der Waals surface area contributed by atoms with Gasteiger partial charge >= 0.3 is 0 Å². The zero-order chi connectivity index (χ0) is 30.7. The topological polar surface area (TPSA) is 240 Å². The molecule has 2 heterocycles. The maximum absolute atomic E-state index is 11.3. The van der Waals surface area contributed by atoms with Crippen LogP contribution in [0.25, 0.3) is 16.5 Å². The number of benzene rings is 3. The molecule has 0 saturated carbocycles. The molecular weight excluding hydrogens is 604 g/mol. The molecule has 18 heteroatoms. The lowest BCUT2D eigenvalue weighted by molar-refractivity contribution is -0.432. The summed E-state index contributed by atoms with van der Waals surface area (Å²) in [6, 6.07) is 13.1. The Bertz CT molecular complexity index is 2000. The third-order valence-electron chi connectivity index (χ3n) is 5.93. The highest BCUT2D eigenvalue weighted by atomic mass is 32.2. The van der Waals surface area contributed by atoms with Crippen LogP contribution in [-0.4, -0.2) is 43.2 Å². The second-order valence-electron chi connectivity index (χ2n) is 8.67. The summed E-state index contributed by atoms with van der Waals surface area (Å²) in [5.74, 6) is -0.418. The first kappa shape index (κ1) is 29.5. The average Bonchev–Trinajstić information content (AvgIpc) is 3.27. The van der Waals surface area contributed by atoms with Crippen molar-refractivity contribution in [3.63, 3.8) is 0 Å². The number of phenolic OH excluding ortho intramolecular Hbond substituents is 1. The maximum Gasteiger partial charge on any atom is 0.294 e. The second kappa shape index (κ2) is 12.1. The largest absolute Gasteiger partial charge is 0.505 e. The summed E-state index contributed by atoms with van der Waals surface area (Å²) in [6.07, 6.45) is 2.59. The zero-order valence-electron chi connectivity index (χ0n) is 21.8. The van der Waals surface area contributed by atoms with Crippen molar-refractivity contribution in [1.82, 2.24) is 14.8 Å². The van der Waals surface area contributed by atoms with Crippen LogP contribution in [0.3, 0.4) is 0 Å². The van der Waals surface area contributed by atoms with E-state index in [9.17, 15) is 23.2 Å². The predicted molar refractivity (Wildman–Crippen MR) is 153 cm³/mol. The summed E-state index contributed by atoms with van der Waals surface area (Å²) >= 11 is 0.565. The van der Waals surface area contributed by atoms with E-state index in [1.54, 1.807) is 31.2 Å². The van der Waals surface area contributed by atoms with Gasteiger partial charge in [-0.2, -0.15) is 18.6 Å². The van der Waals surface area contributed by atoms with Crippen molar-refractivity contribution in [2.75, 3.05) is 5.73 Å². The van der Waals surface area contributed by atoms with E-state index in [2.05, 4.69) is 39.9 Å². The van der Waals surface area contributed by atoms with Crippen molar-refractivity contribution in [2.45, 2.75) is 16.7 Å². The molecule has 16 nitrogen and oxygen atoms in total. The molecule has 43 heavy (non-hydrogen) atoms. The molecule has 220 valence electrons. The van der Waals surface area contributed by atoms with Crippen LogP contribution in [0, 0.1) is 6.92 Å². The van der Waals surface area contributed by atoms with Crippen LogP contribution < -0.4 is 5.73 Å². The molecule has 0 spiro atoms. The summed E-state index contributed by atoms with van der Waals surface area (Å²) in [6.45, 7) is 1.66. The van der Waals surface area contributed by atoms with Crippen LogP contribution >= 0.6 is 12.0 Å². The smallest absolute Gasteiger partial charge is 0.294 e. The fourth-order valence-electron chi connectivity index (χ4n) is 3.89. The fourth-order valence-corrected chi connectivity index (χ4v) is 4.87. The van der Waals surface area contributed by atoms with E-state index in [4.69, 9.17) is 11.0 Å². The Morgan fingerprint density at radius 1 is 0.977 bits per heavy atom. The first-order valence-electron chi connectivity index (χ1n) is 11.9. The standard InChI is InChI=1S/C25H20N8O8S2/c1-13-22(25(26)33(32-13)16-4-6-17(7-5-16)43(37,38)39)30-28-15-3-2-14-10-21(42-41-40-36)23(24(35)18(14)11-15)31-29-19-8-9-27-12-20(19)34/h2-12,34-36H,26H2,1H3,(H,37,38,39). The molecular formula is C25H20N8O8S2. The van der Waals surface area contributed by atoms with Gasteiger partial charge in [0.05, 0.1) is 45.1 Å². The van der Waals surface area contributed by atoms with Crippen molar-refractivity contribution in [3.8, 4) is 17.2 Å². The van der Waals surface area contributed by atoms with E-state index in [0.29, 0.717) is 39.9 Å². The molecule has 0 fully saturated rings. The number of fused-ring (bicyclic) bond motifs is 1. The number of pyridine rings is 1. The number of hydrogen-bond donors (Lipinski definition) is 5. The summed E-state index contributed by atoms with van der Waals surface area (Å²) in [7, 11) is -4.36. The third kappa shape index (κ3) is 6.28. The van der Waals surface area contributed by atoms with Crippen molar-refractivity contribution in [3.05, 3.63) is 72.7 Å². The first-order valence-corrected chi connectivity index (χ1v) is 14.1. The number of aromatic hydroxyl groups is 2. The summed E-state index contributed by atoms with van der Waals surface area (Å²) in [5.41, 5.74) is 7.74. The molecule has 5 rings (SSSR count). The van der Waals surface area contributed by atoms with Crippen LogP contribution in [0.2, 0.25) is 0 Å². The maximum atomic E-state index is 11.3. The molecule has 0 unspecified atom stereocenters. The van der Waals surface area contributed by atoms with Gasteiger partial charge in [0, 0.05) is 11.6 Å². The highest BCUT2D eigenvalue weighted by Gasteiger charge is 2.18. The van der Waals surface area contributed by atoms with Crippen molar-refractivity contribution in [2.24, 2.45) is 20.5 Å². The van der Waals surface area contributed by atoms with Crippen LogP contribution in [0.4, 0.5) is 28.6 Å². The number of aryl methyl sites for hydroxylation is 1. The zero-order valence-corrected chi connectivity index (χ0v) is 23.4. The van der Waals surface area contributed by atoms with Crippen molar-refractivity contribution < 1.29 is 37.8 Å². The minimum absolute atomic E-state index is 0.0544. The quantitative estimate of drug-likeness (QED) is 0.0403. The van der Waals surface area contributed by atoms with Gasteiger partial charge in [-0.05, 0) is 60.8 Å². The number of phenols is 1. The summed E-state index contributed by atoms with van der Waals surface area (Å²) < 4.78 is 37.8. The van der Waals surface area contributed by atoms with Gasteiger partial charge in [0.25, 0.3) is 10.1 Å². The first-order chi connectivity index (χ1) is 20.6. The third-order valence-corrected chi connectivity index (χ3v) is 7.42. The minimum atomic E-state index is -4.36. The molecule has 2 aromatic heterocycles. The molecule has 0 amide bonds. The molecule has 0 aliphatic carbocycles. The lowest BCUT2D eigenvalue weighted by atomic mass is 10.1. The van der Waals surface area contributed by atoms with E-state index in [1.807, 2.05) is 0 Å². The number of hydrogen-bond acceptors (Lipinski definition) is 15. The highest BCUT2D eigenvalue weighted by molar-refractivity contribution is 7.94. The summed E-state index contributed by atoms with van der Waals surface area (Å²) in [5, 5.41) is 55.1. The van der Waals surface area contributed by atoms with Gasteiger partial charge in [-0.25, -0.2) is 9.94 Å². The minimum Gasteiger partial charge on any atom is -0.505 e. The normalized spacial score (nSPS) is 12.2. The van der Waals surface area contributed by atoms with Gasteiger partial charge < -0.3 is 15.9 Å². The number of aromatic nitrogens is 3. The molecule has 0 aliphatic heterocycles. The van der Waals surface area contributed by atoms with E-state index in [-0.39, 0.29) is 44.2 Å². The Hall–Kier alpha value is -4.98. The van der Waals surface area contributed by atoms with Gasteiger partial charge in [0.2, 0.25) is 0 Å². The molecule has 0 radical (unpaired) electrons. The second-order valence-corrected chi connectivity index (χ2v) is 10.8. The number of nitrogens with zero attached hydrogens (tertiary/aromatic N) is 7. The van der Waals surface area contributed by atoms with E-state index < -0.39 is 10.1 Å². The molecule has 5 aromatic rings. The number of anilines is 1. The van der Waals surface area contributed by atoms with E-state index in [1.165, 1.54) is 47.4 Å². The van der Waals surface area contributed by atoms with E-state index >= 15 is 0 Å². The average molecular weight is 625 g/mol. The fraction of sp³-hybridized carbons (Fsp3) is 0.0400. The molecule has 0 atom stereocenters. The Labute approximate surface area is 246 Å². The Morgan fingerprint density at radius 3 is 2.42 bits per heavy atom. The van der Waals surface area contributed by atoms with Crippen molar-refractivity contribution in [1.29, 1.82) is 0 Å². The Kier molecular flexibility index (Phi) is 8.30. The predicted octanol–water partition coefficient (Wildman–Crippen LogP) is 6.23. The molecule has 3 aromatic carbocycles.